The maximum Gasteiger partial charge on any atom is 0.254 e. The minimum atomic E-state index is 0.111. The third-order valence-corrected chi connectivity index (χ3v) is 3.86. The van der Waals surface area contributed by atoms with E-state index in [-0.39, 0.29) is 11.9 Å². The number of pyridine rings is 1. The number of hydrogen-bond donors (Lipinski definition) is 1. The molecule has 4 heteroatoms. The van der Waals surface area contributed by atoms with Crippen LogP contribution in [0.3, 0.4) is 0 Å². The van der Waals surface area contributed by atoms with Crippen LogP contribution in [0.2, 0.25) is 0 Å². The van der Waals surface area contributed by atoms with Crippen LogP contribution in [-0.2, 0) is 0 Å². The number of carbonyl (C=O) groups is 1. The lowest BCUT2D eigenvalue weighted by atomic mass is 9.90. The second-order valence-corrected chi connectivity index (χ2v) is 5.06. The summed E-state index contributed by atoms with van der Waals surface area (Å²) in [5.41, 5.74) is 7.77. The maximum absolute atomic E-state index is 12.4. The Hall–Kier alpha value is -1.42. The summed E-state index contributed by atoms with van der Waals surface area (Å²) in [6.45, 7) is 5.60. The van der Waals surface area contributed by atoms with Crippen molar-refractivity contribution < 1.29 is 4.79 Å². The number of rotatable bonds is 2. The predicted molar refractivity (Wildman–Crippen MR) is 71.3 cm³/mol. The molecule has 1 saturated heterocycles. The van der Waals surface area contributed by atoms with E-state index >= 15 is 0 Å². The Morgan fingerprint density at radius 2 is 2.39 bits per heavy atom. The van der Waals surface area contributed by atoms with E-state index in [0.717, 1.165) is 37.1 Å². The van der Waals surface area contributed by atoms with E-state index < -0.39 is 0 Å². The summed E-state index contributed by atoms with van der Waals surface area (Å²) in [5, 5.41) is 0. The second-order valence-electron chi connectivity index (χ2n) is 5.06. The number of aromatic nitrogens is 1. The first-order valence-corrected chi connectivity index (χ1v) is 6.59. The molecule has 1 aromatic heterocycles. The van der Waals surface area contributed by atoms with E-state index in [0.29, 0.717) is 5.92 Å². The Bertz CT molecular complexity index is 433. The molecule has 0 aliphatic carbocycles. The molecule has 2 N–H and O–H groups in total. The molecule has 2 heterocycles. The molecule has 2 atom stereocenters. The Morgan fingerprint density at radius 1 is 1.61 bits per heavy atom. The molecule has 1 aliphatic heterocycles. The van der Waals surface area contributed by atoms with Gasteiger partial charge in [-0.1, -0.05) is 13.3 Å². The minimum Gasteiger partial charge on any atom is -0.338 e. The Kier molecular flexibility index (Phi) is 3.97. The molecule has 0 spiro atoms. The van der Waals surface area contributed by atoms with Crippen LogP contribution in [0.1, 0.15) is 35.7 Å². The van der Waals surface area contributed by atoms with Crippen molar-refractivity contribution in [2.75, 3.05) is 13.1 Å². The maximum atomic E-state index is 12.4. The molecular weight excluding hydrogens is 226 g/mol. The van der Waals surface area contributed by atoms with Crippen LogP contribution >= 0.6 is 0 Å². The molecule has 1 fully saturated rings. The first-order valence-electron chi connectivity index (χ1n) is 6.59. The van der Waals surface area contributed by atoms with Gasteiger partial charge in [0, 0.05) is 37.1 Å². The van der Waals surface area contributed by atoms with Crippen molar-refractivity contribution in [1.82, 2.24) is 9.88 Å². The number of carbonyl (C=O) groups excluding carboxylic acids is 1. The number of piperidine rings is 1. The molecule has 4 nitrogen and oxygen atoms in total. The van der Waals surface area contributed by atoms with Crippen molar-refractivity contribution in [3.63, 3.8) is 0 Å². The quantitative estimate of drug-likeness (QED) is 0.863. The summed E-state index contributed by atoms with van der Waals surface area (Å²) in [4.78, 5) is 18.4. The average molecular weight is 247 g/mol. The van der Waals surface area contributed by atoms with Gasteiger partial charge in [-0.2, -0.15) is 0 Å². The summed E-state index contributed by atoms with van der Waals surface area (Å²) in [5.74, 6) is 0.532. The van der Waals surface area contributed by atoms with Gasteiger partial charge in [-0.3, -0.25) is 9.78 Å². The van der Waals surface area contributed by atoms with Crippen molar-refractivity contribution in [3.05, 3.63) is 29.6 Å². The van der Waals surface area contributed by atoms with Gasteiger partial charge in [0.15, 0.2) is 0 Å². The van der Waals surface area contributed by atoms with Crippen LogP contribution in [0, 0.1) is 12.8 Å². The Labute approximate surface area is 108 Å². The largest absolute Gasteiger partial charge is 0.338 e. The van der Waals surface area contributed by atoms with Crippen LogP contribution < -0.4 is 5.73 Å². The SMILES string of the molecule is CCC1CN(C(=O)c2ccncc2C)CCC1N. The van der Waals surface area contributed by atoms with Crippen LogP contribution in [0.25, 0.3) is 0 Å². The van der Waals surface area contributed by atoms with Crippen LogP contribution in [0.5, 0.6) is 0 Å². The summed E-state index contributed by atoms with van der Waals surface area (Å²) < 4.78 is 0. The number of hydrogen-bond acceptors (Lipinski definition) is 3. The van der Waals surface area contributed by atoms with Crippen LogP contribution in [0.15, 0.2) is 18.5 Å². The first-order chi connectivity index (χ1) is 8.63. The van der Waals surface area contributed by atoms with Crippen molar-refractivity contribution in [2.24, 2.45) is 11.7 Å². The van der Waals surface area contributed by atoms with Gasteiger partial charge >= 0.3 is 0 Å². The third kappa shape index (κ3) is 2.53. The van der Waals surface area contributed by atoms with E-state index in [4.69, 9.17) is 5.73 Å². The highest BCUT2D eigenvalue weighted by Gasteiger charge is 2.28. The van der Waals surface area contributed by atoms with Crippen LogP contribution in [0.4, 0.5) is 0 Å². The van der Waals surface area contributed by atoms with Gasteiger partial charge in [-0.05, 0) is 30.9 Å². The van der Waals surface area contributed by atoms with E-state index in [1.165, 1.54) is 0 Å². The molecule has 0 aromatic carbocycles. The molecule has 18 heavy (non-hydrogen) atoms. The smallest absolute Gasteiger partial charge is 0.254 e. The van der Waals surface area contributed by atoms with Gasteiger partial charge in [0.25, 0.3) is 5.91 Å². The number of aryl methyl sites for hydroxylation is 1. The van der Waals surface area contributed by atoms with Crippen molar-refractivity contribution >= 4 is 5.91 Å². The highest BCUT2D eigenvalue weighted by Crippen LogP contribution is 2.21. The highest BCUT2D eigenvalue weighted by molar-refractivity contribution is 5.95. The topological polar surface area (TPSA) is 59.2 Å². The lowest BCUT2D eigenvalue weighted by Gasteiger charge is -2.36. The molecule has 0 saturated carbocycles. The molecule has 2 unspecified atom stereocenters. The fraction of sp³-hybridized carbons (Fsp3) is 0.571. The van der Waals surface area contributed by atoms with Crippen molar-refractivity contribution in [2.45, 2.75) is 32.7 Å². The highest BCUT2D eigenvalue weighted by atomic mass is 16.2. The number of nitrogens with two attached hydrogens (primary N) is 1. The Morgan fingerprint density at radius 3 is 3.06 bits per heavy atom. The van der Waals surface area contributed by atoms with Gasteiger partial charge in [0.05, 0.1) is 0 Å². The van der Waals surface area contributed by atoms with E-state index in [1.54, 1.807) is 18.5 Å². The zero-order chi connectivity index (χ0) is 13.1. The van der Waals surface area contributed by atoms with Gasteiger partial charge < -0.3 is 10.6 Å². The third-order valence-electron chi connectivity index (χ3n) is 3.86. The van der Waals surface area contributed by atoms with Gasteiger partial charge in [-0.15, -0.1) is 0 Å². The zero-order valence-corrected chi connectivity index (χ0v) is 11.1. The predicted octanol–water partition coefficient (Wildman–Crippen LogP) is 1.59. The standard InChI is InChI=1S/C14H21N3O/c1-3-11-9-17(7-5-13(11)15)14(18)12-4-6-16-8-10(12)2/h4,6,8,11,13H,3,5,7,9,15H2,1-2H3. The molecular formula is C14H21N3O. The molecule has 0 bridgehead atoms. The molecule has 98 valence electrons. The molecule has 1 aromatic rings. The Balaban J connectivity index is 2.13. The van der Waals surface area contributed by atoms with Gasteiger partial charge in [0.1, 0.15) is 0 Å². The average Bonchev–Trinajstić information content (AvgIpc) is 2.39. The van der Waals surface area contributed by atoms with Gasteiger partial charge in [0.2, 0.25) is 0 Å². The number of nitrogens with zero attached hydrogens (tertiary/aromatic N) is 2. The summed E-state index contributed by atoms with van der Waals surface area (Å²) >= 11 is 0. The summed E-state index contributed by atoms with van der Waals surface area (Å²) in [6.07, 6.45) is 5.34. The van der Waals surface area contributed by atoms with E-state index in [9.17, 15) is 4.79 Å². The molecule has 1 aliphatic rings. The second kappa shape index (κ2) is 5.48. The summed E-state index contributed by atoms with van der Waals surface area (Å²) in [6, 6.07) is 2.03. The van der Waals surface area contributed by atoms with Crippen molar-refractivity contribution in [1.29, 1.82) is 0 Å². The lowest BCUT2D eigenvalue weighted by Crippen LogP contribution is -2.49. The van der Waals surface area contributed by atoms with Crippen LogP contribution in [-0.4, -0.2) is 34.9 Å². The normalized spacial score (nSPS) is 24.1. The molecule has 1 amide bonds. The molecule has 2 rings (SSSR count). The first kappa shape index (κ1) is 13.0. The number of amides is 1. The molecule has 0 radical (unpaired) electrons. The van der Waals surface area contributed by atoms with E-state index in [2.05, 4.69) is 11.9 Å². The zero-order valence-electron chi connectivity index (χ0n) is 11.1. The number of likely N-dealkylation sites (tertiary alicyclic amines) is 1. The lowest BCUT2D eigenvalue weighted by molar-refractivity contribution is 0.0648. The monoisotopic (exact) mass is 247 g/mol. The summed E-state index contributed by atoms with van der Waals surface area (Å²) in [7, 11) is 0. The van der Waals surface area contributed by atoms with Gasteiger partial charge in [-0.25, -0.2) is 0 Å². The fourth-order valence-electron chi connectivity index (χ4n) is 2.55. The fourth-order valence-corrected chi connectivity index (χ4v) is 2.55. The minimum absolute atomic E-state index is 0.111. The van der Waals surface area contributed by atoms with E-state index in [1.807, 2.05) is 11.8 Å². The van der Waals surface area contributed by atoms with Crippen molar-refractivity contribution in [3.8, 4) is 0 Å².